The standard InChI is InChI=1S/C21H32BN3O5S/c1-14-11-15(12-18(22)20(14)27)13-19(26)21(28)24-7-3-16(4-8-24)17-5-9-25(10-6-17)31(29,30)23-2/h11-12,16-17,19,23,26-27H,3-10,13H2,1-2H3/t19-/m1/s1. The largest absolute Gasteiger partial charge is 0.508 e. The Morgan fingerprint density at radius 3 is 2.23 bits per heavy atom. The number of amides is 1. The maximum atomic E-state index is 12.7. The third-order valence-corrected chi connectivity index (χ3v) is 8.28. The molecule has 0 unspecified atom stereocenters. The highest BCUT2D eigenvalue weighted by Gasteiger charge is 2.34. The number of phenols is 1. The Hall–Kier alpha value is -1.62. The number of piperidine rings is 2. The molecule has 0 saturated carbocycles. The fraction of sp³-hybridized carbons (Fsp3) is 0.667. The van der Waals surface area contributed by atoms with E-state index in [0.29, 0.717) is 49.1 Å². The van der Waals surface area contributed by atoms with Gasteiger partial charge in [-0.25, -0.2) is 4.72 Å². The Morgan fingerprint density at radius 2 is 1.71 bits per heavy atom. The molecular formula is C21H32BN3O5S. The first-order valence-electron chi connectivity index (χ1n) is 10.9. The highest BCUT2D eigenvalue weighted by Crippen LogP contribution is 2.33. The average Bonchev–Trinajstić information content (AvgIpc) is 2.77. The van der Waals surface area contributed by atoms with Crippen molar-refractivity contribution in [1.29, 1.82) is 0 Å². The number of rotatable bonds is 6. The van der Waals surface area contributed by atoms with Gasteiger partial charge in [0.15, 0.2) is 0 Å². The number of aliphatic hydroxyl groups excluding tert-OH is 1. The molecule has 0 aromatic heterocycles. The van der Waals surface area contributed by atoms with E-state index in [1.165, 1.54) is 11.4 Å². The number of carbonyl (C=O) groups is 1. The minimum absolute atomic E-state index is 0.0287. The fourth-order valence-electron chi connectivity index (χ4n) is 4.83. The lowest BCUT2D eigenvalue weighted by Gasteiger charge is -2.40. The molecule has 10 heteroatoms. The van der Waals surface area contributed by atoms with E-state index in [1.54, 1.807) is 24.0 Å². The van der Waals surface area contributed by atoms with Gasteiger partial charge in [0.2, 0.25) is 0 Å². The number of phenolic OH excluding ortho intramolecular Hbond substituents is 1. The summed E-state index contributed by atoms with van der Waals surface area (Å²) in [7, 11) is 3.85. The number of benzene rings is 1. The SMILES string of the molecule is [B]c1cc(C[C@@H](O)C(=O)N2CCC(C3CCN(S(=O)(=O)NC)CC3)CC2)cc(C)c1O. The molecule has 2 aliphatic heterocycles. The molecule has 31 heavy (non-hydrogen) atoms. The predicted molar refractivity (Wildman–Crippen MR) is 120 cm³/mol. The third kappa shape index (κ3) is 5.60. The van der Waals surface area contributed by atoms with E-state index < -0.39 is 16.3 Å². The van der Waals surface area contributed by atoms with Crippen LogP contribution in [0, 0.1) is 18.8 Å². The molecule has 3 N–H and O–H groups in total. The topological polar surface area (TPSA) is 110 Å². The quantitative estimate of drug-likeness (QED) is 0.522. The van der Waals surface area contributed by atoms with Crippen molar-refractivity contribution in [2.45, 2.75) is 45.1 Å². The van der Waals surface area contributed by atoms with E-state index in [-0.39, 0.29) is 23.5 Å². The molecule has 0 bridgehead atoms. The van der Waals surface area contributed by atoms with Gasteiger partial charge in [0, 0.05) is 39.6 Å². The van der Waals surface area contributed by atoms with Gasteiger partial charge in [0.25, 0.3) is 16.1 Å². The molecule has 1 amide bonds. The van der Waals surface area contributed by atoms with Gasteiger partial charge in [-0.1, -0.05) is 17.6 Å². The summed E-state index contributed by atoms with van der Waals surface area (Å²) in [5.74, 6) is 0.687. The molecule has 2 fully saturated rings. The van der Waals surface area contributed by atoms with Gasteiger partial charge in [0.1, 0.15) is 19.7 Å². The zero-order valence-electron chi connectivity index (χ0n) is 18.2. The van der Waals surface area contributed by atoms with Gasteiger partial charge in [-0.2, -0.15) is 12.7 Å². The zero-order valence-corrected chi connectivity index (χ0v) is 19.1. The van der Waals surface area contributed by atoms with Crippen LogP contribution in [0.25, 0.3) is 0 Å². The van der Waals surface area contributed by atoms with Crippen LogP contribution in [0.4, 0.5) is 0 Å². The van der Waals surface area contributed by atoms with Crippen LogP contribution in [0.3, 0.4) is 0 Å². The monoisotopic (exact) mass is 449 g/mol. The number of hydrogen-bond acceptors (Lipinski definition) is 5. The fourth-order valence-corrected chi connectivity index (χ4v) is 5.78. The Bertz CT molecular complexity index is 871. The van der Waals surface area contributed by atoms with Crippen LogP contribution < -0.4 is 10.2 Å². The van der Waals surface area contributed by atoms with E-state index in [9.17, 15) is 23.4 Å². The van der Waals surface area contributed by atoms with Crippen molar-refractivity contribution in [2.24, 2.45) is 11.8 Å². The number of hydrogen-bond donors (Lipinski definition) is 3. The number of aromatic hydroxyl groups is 1. The van der Waals surface area contributed by atoms with Crippen LogP contribution in [0.5, 0.6) is 5.75 Å². The summed E-state index contributed by atoms with van der Waals surface area (Å²) in [5, 5.41) is 20.2. The zero-order chi connectivity index (χ0) is 22.8. The molecule has 2 radical (unpaired) electrons. The minimum Gasteiger partial charge on any atom is -0.508 e. The maximum Gasteiger partial charge on any atom is 0.279 e. The summed E-state index contributed by atoms with van der Waals surface area (Å²) in [4.78, 5) is 14.4. The van der Waals surface area contributed by atoms with Crippen LogP contribution in [0.15, 0.2) is 12.1 Å². The number of likely N-dealkylation sites (tertiary alicyclic amines) is 1. The number of nitrogens with one attached hydrogen (secondary N) is 1. The summed E-state index contributed by atoms with van der Waals surface area (Å²) in [5.41, 5.74) is 1.57. The highest BCUT2D eigenvalue weighted by molar-refractivity contribution is 7.87. The normalized spacial score (nSPS) is 20.7. The van der Waals surface area contributed by atoms with Crippen molar-refractivity contribution >= 4 is 29.4 Å². The van der Waals surface area contributed by atoms with E-state index in [1.807, 2.05) is 0 Å². The lowest BCUT2D eigenvalue weighted by atomic mass is 9.79. The molecule has 3 rings (SSSR count). The summed E-state index contributed by atoms with van der Waals surface area (Å²) < 4.78 is 27.7. The van der Waals surface area contributed by atoms with Crippen LogP contribution in [-0.4, -0.2) is 80.9 Å². The Morgan fingerprint density at radius 1 is 1.16 bits per heavy atom. The van der Waals surface area contributed by atoms with E-state index in [2.05, 4.69) is 4.72 Å². The molecular weight excluding hydrogens is 417 g/mol. The summed E-state index contributed by atoms with van der Waals surface area (Å²) >= 11 is 0. The van der Waals surface area contributed by atoms with Crippen molar-refractivity contribution in [3.63, 3.8) is 0 Å². The number of nitrogens with zero attached hydrogens (tertiary/aromatic N) is 2. The molecule has 2 aliphatic rings. The lowest BCUT2D eigenvalue weighted by molar-refractivity contribution is -0.141. The number of aliphatic hydroxyl groups is 1. The molecule has 0 aliphatic carbocycles. The molecule has 2 saturated heterocycles. The average molecular weight is 449 g/mol. The lowest BCUT2D eigenvalue weighted by Crippen LogP contribution is -2.48. The van der Waals surface area contributed by atoms with Crippen molar-refractivity contribution in [3.8, 4) is 5.75 Å². The molecule has 1 atom stereocenters. The van der Waals surface area contributed by atoms with E-state index in [4.69, 9.17) is 7.85 Å². The molecule has 1 aromatic carbocycles. The maximum absolute atomic E-state index is 12.7. The minimum atomic E-state index is -3.36. The highest BCUT2D eigenvalue weighted by atomic mass is 32.2. The molecule has 2 heterocycles. The van der Waals surface area contributed by atoms with Gasteiger partial charge in [-0.15, -0.1) is 0 Å². The number of aryl methyl sites for hydroxylation is 1. The number of carbonyl (C=O) groups excluding carboxylic acids is 1. The molecule has 170 valence electrons. The van der Waals surface area contributed by atoms with Crippen molar-refractivity contribution < 1.29 is 23.4 Å². The Kier molecular flexibility index (Phi) is 7.67. The van der Waals surface area contributed by atoms with Crippen LogP contribution >= 0.6 is 0 Å². The van der Waals surface area contributed by atoms with E-state index in [0.717, 1.165) is 25.7 Å². The van der Waals surface area contributed by atoms with Crippen LogP contribution in [0.1, 0.15) is 36.8 Å². The summed E-state index contributed by atoms with van der Waals surface area (Å²) in [6, 6.07) is 3.32. The second-order valence-electron chi connectivity index (χ2n) is 8.68. The van der Waals surface area contributed by atoms with Gasteiger partial charge in [-0.3, -0.25) is 4.79 Å². The summed E-state index contributed by atoms with van der Waals surface area (Å²) in [6.45, 7) is 3.99. The van der Waals surface area contributed by atoms with Crippen LogP contribution in [-0.2, 0) is 21.4 Å². The molecule has 8 nitrogen and oxygen atoms in total. The van der Waals surface area contributed by atoms with Gasteiger partial charge < -0.3 is 15.1 Å². The molecule has 1 aromatic rings. The van der Waals surface area contributed by atoms with E-state index >= 15 is 0 Å². The van der Waals surface area contributed by atoms with Gasteiger partial charge in [0.05, 0.1) is 0 Å². The second-order valence-corrected chi connectivity index (χ2v) is 10.6. The van der Waals surface area contributed by atoms with Gasteiger partial charge >= 0.3 is 0 Å². The first-order chi connectivity index (χ1) is 14.6. The second kappa shape index (κ2) is 9.89. The predicted octanol–water partition coefficient (Wildman–Crippen LogP) is -0.187. The van der Waals surface area contributed by atoms with Crippen molar-refractivity contribution in [2.75, 3.05) is 33.2 Å². The third-order valence-electron chi connectivity index (χ3n) is 6.72. The van der Waals surface area contributed by atoms with Crippen molar-refractivity contribution in [3.05, 3.63) is 23.3 Å². The van der Waals surface area contributed by atoms with Gasteiger partial charge in [-0.05, 0) is 55.6 Å². The van der Waals surface area contributed by atoms with Crippen LogP contribution in [0.2, 0.25) is 0 Å². The van der Waals surface area contributed by atoms with Crippen molar-refractivity contribution in [1.82, 2.24) is 13.9 Å². The first-order valence-corrected chi connectivity index (χ1v) is 12.3. The smallest absolute Gasteiger partial charge is 0.279 e. The summed E-state index contributed by atoms with van der Waals surface area (Å²) in [6.07, 6.45) is 2.42. The first kappa shape index (κ1) is 24.0. The molecule has 0 spiro atoms. The Labute approximate surface area is 186 Å². The Balaban J connectivity index is 1.49.